The van der Waals surface area contributed by atoms with Gasteiger partial charge in [0.25, 0.3) is 0 Å². The van der Waals surface area contributed by atoms with E-state index < -0.39 is 0 Å². The molecule has 1 heterocycles. The summed E-state index contributed by atoms with van der Waals surface area (Å²) in [5.41, 5.74) is 8.70. The third-order valence-corrected chi connectivity index (χ3v) is 4.29. The predicted octanol–water partition coefficient (Wildman–Crippen LogP) is 2.63. The molecule has 24 heavy (non-hydrogen) atoms. The highest BCUT2D eigenvalue weighted by atomic mass is 16.2. The Kier molecular flexibility index (Phi) is 5.29. The molecule has 1 aliphatic heterocycles. The first-order valence-electron chi connectivity index (χ1n) is 8.29. The Bertz CT molecular complexity index is 687. The monoisotopic (exact) mass is 321 g/mol. The van der Waals surface area contributed by atoms with Crippen molar-refractivity contribution in [2.24, 2.45) is 0 Å². The van der Waals surface area contributed by atoms with Crippen LogP contribution in [0.3, 0.4) is 0 Å². The molecule has 0 spiro atoms. The normalized spacial score (nSPS) is 15.8. The molecule has 0 aromatic heterocycles. The average Bonchev–Trinajstić information content (AvgIpc) is 2.62. The van der Waals surface area contributed by atoms with Crippen LogP contribution in [0.1, 0.15) is 11.1 Å². The van der Waals surface area contributed by atoms with Crippen LogP contribution < -0.4 is 5.73 Å². The van der Waals surface area contributed by atoms with E-state index in [9.17, 15) is 4.79 Å². The number of nitrogens with zero attached hydrogens (tertiary/aromatic N) is 2. The Hall–Kier alpha value is -2.59. The maximum Gasteiger partial charge on any atom is 0.246 e. The fourth-order valence-corrected chi connectivity index (χ4v) is 2.85. The molecule has 2 aromatic rings. The van der Waals surface area contributed by atoms with Crippen molar-refractivity contribution < 1.29 is 4.79 Å². The van der Waals surface area contributed by atoms with E-state index in [2.05, 4.69) is 29.2 Å². The summed E-state index contributed by atoms with van der Waals surface area (Å²) in [6.07, 6.45) is 3.50. The quantitative estimate of drug-likeness (QED) is 0.696. The largest absolute Gasteiger partial charge is 0.399 e. The number of hydrogen-bond acceptors (Lipinski definition) is 3. The molecule has 4 heteroatoms. The highest BCUT2D eigenvalue weighted by Gasteiger charge is 2.19. The van der Waals surface area contributed by atoms with Crippen LogP contribution in [0.5, 0.6) is 0 Å². The van der Waals surface area contributed by atoms with Gasteiger partial charge in [0, 0.05) is 44.5 Å². The van der Waals surface area contributed by atoms with E-state index in [1.165, 1.54) is 5.56 Å². The van der Waals surface area contributed by atoms with Crippen molar-refractivity contribution in [3.63, 3.8) is 0 Å². The molecule has 4 nitrogen and oxygen atoms in total. The Morgan fingerprint density at radius 3 is 2.29 bits per heavy atom. The summed E-state index contributed by atoms with van der Waals surface area (Å²) in [7, 11) is 0. The molecule has 0 unspecified atom stereocenters. The lowest BCUT2D eigenvalue weighted by Gasteiger charge is -2.34. The number of benzene rings is 2. The third-order valence-electron chi connectivity index (χ3n) is 4.29. The first-order valence-corrected chi connectivity index (χ1v) is 8.29. The van der Waals surface area contributed by atoms with Crippen LogP contribution in [0.15, 0.2) is 60.7 Å². The smallest absolute Gasteiger partial charge is 0.246 e. The molecule has 1 amide bonds. The minimum absolute atomic E-state index is 0.0752. The average molecular weight is 321 g/mol. The predicted molar refractivity (Wildman–Crippen MR) is 98.2 cm³/mol. The van der Waals surface area contributed by atoms with Crippen molar-refractivity contribution in [2.75, 3.05) is 31.9 Å². The number of carbonyl (C=O) groups is 1. The lowest BCUT2D eigenvalue weighted by Crippen LogP contribution is -2.47. The van der Waals surface area contributed by atoms with Crippen molar-refractivity contribution >= 4 is 17.7 Å². The molecule has 0 atom stereocenters. The number of nitrogens with two attached hydrogens (primary N) is 1. The van der Waals surface area contributed by atoms with Gasteiger partial charge in [-0.3, -0.25) is 9.69 Å². The second-order valence-corrected chi connectivity index (χ2v) is 6.09. The second kappa shape index (κ2) is 7.79. The van der Waals surface area contributed by atoms with Crippen LogP contribution in [-0.4, -0.2) is 41.9 Å². The molecule has 0 bridgehead atoms. The second-order valence-electron chi connectivity index (χ2n) is 6.09. The summed E-state index contributed by atoms with van der Waals surface area (Å²) in [5, 5.41) is 0. The molecular formula is C20H23N3O. The van der Waals surface area contributed by atoms with E-state index in [0.717, 1.165) is 44.0 Å². The van der Waals surface area contributed by atoms with E-state index >= 15 is 0 Å². The van der Waals surface area contributed by atoms with Gasteiger partial charge in [0.15, 0.2) is 0 Å². The molecule has 3 rings (SSSR count). The zero-order valence-corrected chi connectivity index (χ0v) is 13.8. The standard InChI is InChI=1S/C20H23N3O/c21-19-9-6-17(7-10-19)8-11-20(24)23-14-12-22(13-15-23)16-18-4-2-1-3-5-18/h1-11H,12-16,21H2/b11-8+. The summed E-state index contributed by atoms with van der Waals surface area (Å²) < 4.78 is 0. The SMILES string of the molecule is Nc1ccc(/C=C/C(=O)N2CCN(Cc3ccccc3)CC2)cc1. The Morgan fingerprint density at radius 1 is 0.958 bits per heavy atom. The van der Waals surface area contributed by atoms with Gasteiger partial charge < -0.3 is 10.6 Å². The summed E-state index contributed by atoms with van der Waals surface area (Å²) in [6.45, 7) is 4.33. The lowest BCUT2D eigenvalue weighted by molar-refractivity contribution is -0.127. The van der Waals surface area contributed by atoms with Gasteiger partial charge in [-0.05, 0) is 29.3 Å². The highest BCUT2D eigenvalue weighted by molar-refractivity contribution is 5.91. The third kappa shape index (κ3) is 4.46. The van der Waals surface area contributed by atoms with Gasteiger partial charge in [0.2, 0.25) is 5.91 Å². The molecule has 2 aromatic carbocycles. The fraction of sp³-hybridized carbons (Fsp3) is 0.250. The van der Waals surface area contributed by atoms with Gasteiger partial charge in [-0.25, -0.2) is 0 Å². The van der Waals surface area contributed by atoms with E-state index in [4.69, 9.17) is 5.73 Å². The van der Waals surface area contributed by atoms with Crippen molar-refractivity contribution in [3.8, 4) is 0 Å². The number of hydrogen-bond donors (Lipinski definition) is 1. The topological polar surface area (TPSA) is 49.6 Å². The van der Waals surface area contributed by atoms with Crippen molar-refractivity contribution in [2.45, 2.75) is 6.54 Å². The number of piperazine rings is 1. The van der Waals surface area contributed by atoms with Gasteiger partial charge in [-0.15, -0.1) is 0 Å². The number of amides is 1. The first-order chi connectivity index (χ1) is 11.7. The van der Waals surface area contributed by atoms with Crippen LogP contribution >= 0.6 is 0 Å². The maximum absolute atomic E-state index is 12.3. The van der Waals surface area contributed by atoms with Gasteiger partial charge in [0.05, 0.1) is 0 Å². The van der Waals surface area contributed by atoms with E-state index in [-0.39, 0.29) is 5.91 Å². The number of carbonyl (C=O) groups excluding carboxylic acids is 1. The summed E-state index contributed by atoms with van der Waals surface area (Å²) >= 11 is 0. The number of nitrogen functional groups attached to an aromatic ring is 1. The summed E-state index contributed by atoms with van der Waals surface area (Å²) in [6, 6.07) is 18.0. The Morgan fingerprint density at radius 2 is 1.62 bits per heavy atom. The lowest BCUT2D eigenvalue weighted by atomic mass is 10.2. The molecule has 0 aliphatic carbocycles. The van der Waals surface area contributed by atoms with Crippen LogP contribution in [0.4, 0.5) is 5.69 Å². The molecule has 1 aliphatic rings. The van der Waals surface area contributed by atoms with Gasteiger partial charge >= 0.3 is 0 Å². The molecule has 0 radical (unpaired) electrons. The number of anilines is 1. The van der Waals surface area contributed by atoms with Crippen LogP contribution in [0.2, 0.25) is 0 Å². The zero-order chi connectivity index (χ0) is 16.8. The van der Waals surface area contributed by atoms with E-state index in [0.29, 0.717) is 0 Å². The molecular weight excluding hydrogens is 298 g/mol. The van der Waals surface area contributed by atoms with Crippen LogP contribution in [0, 0.1) is 0 Å². The fourth-order valence-electron chi connectivity index (χ4n) is 2.85. The van der Waals surface area contributed by atoms with Crippen LogP contribution in [-0.2, 0) is 11.3 Å². The molecule has 124 valence electrons. The highest BCUT2D eigenvalue weighted by Crippen LogP contribution is 2.10. The van der Waals surface area contributed by atoms with Gasteiger partial charge in [0.1, 0.15) is 0 Å². The summed E-state index contributed by atoms with van der Waals surface area (Å²) in [5.74, 6) is 0.0752. The van der Waals surface area contributed by atoms with Crippen molar-refractivity contribution in [1.29, 1.82) is 0 Å². The Labute approximate surface area is 143 Å². The minimum atomic E-state index is 0.0752. The minimum Gasteiger partial charge on any atom is -0.399 e. The van der Waals surface area contributed by atoms with E-state index in [1.54, 1.807) is 6.08 Å². The first kappa shape index (κ1) is 16.3. The molecule has 1 saturated heterocycles. The molecule has 0 saturated carbocycles. The zero-order valence-electron chi connectivity index (χ0n) is 13.8. The number of rotatable bonds is 4. The van der Waals surface area contributed by atoms with Crippen LogP contribution in [0.25, 0.3) is 6.08 Å². The summed E-state index contributed by atoms with van der Waals surface area (Å²) in [4.78, 5) is 16.6. The Balaban J connectivity index is 1.49. The van der Waals surface area contributed by atoms with E-state index in [1.807, 2.05) is 41.3 Å². The van der Waals surface area contributed by atoms with Crippen molar-refractivity contribution in [1.82, 2.24) is 9.80 Å². The molecule has 2 N–H and O–H groups in total. The van der Waals surface area contributed by atoms with Gasteiger partial charge in [-0.1, -0.05) is 42.5 Å². The molecule has 1 fully saturated rings. The van der Waals surface area contributed by atoms with Gasteiger partial charge in [-0.2, -0.15) is 0 Å². The maximum atomic E-state index is 12.3. The van der Waals surface area contributed by atoms with Crippen molar-refractivity contribution in [3.05, 3.63) is 71.8 Å².